The molecule has 0 radical (unpaired) electrons. The summed E-state index contributed by atoms with van der Waals surface area (Å²) in [7, 11) is 0. The SMILES string of the molecule is O=C(N[C@@H](Cc1ccccc1)C(=O)O)c1ccc(N=Nc2ccccc2)cc1. The Hall–Kier alpha value is -3.80. The predicted molar refractivity (Wildman–Crippen MR) is 106 cm³/mol. The Balaban J connectivity index is 1.64. The van der Waals surface area contributed by atoms with E-state index in [1.54, 1.807) is 24.3 Å². The van der Waals surface area contributed by atoms with Gasteiger partial charge in [-0.3, -0.25) is 4.79 Å². The van der Waals surface area contributed by atoms with Crippen molar-refractivity contribution in [3.05, 3.63) is 96.1 Å². The zero-order valence-corrected chi connectivity index (χ0v) is 15.0. The molecule has 0 aliphatic rings. The lowest BCUT2D eigenvalue weighted by molar-refractivity contribution is -0.139. The number of amides is 1. The fraction of sp³-hybridized carbons (Fsp3) is 0.0909. The van der Waals surface area contributed by atoms with Crippen molar-refractivity contribution >= 4 is 23.3 Å². The van der Waals surface area contributed by atoms with Gasteiger partial charge in [0.2, 0.25) is 0 Å². The van der Waals surface area contributed by atoms with Gasteiger partial charge in [-0.15, -0.1) is 0 Å². The highest BCUT2D eigenvalue weighted by Crippen LogP contribution is 2.18. The molecule has 0 fully saturated rings. The van der Waals surface area contributed by atoms with Crippen molar-refractivity contribution in [2.75, 3.05) is 0 Å². The minimum atomic E-state index is -1.08. The Labute approximate surface area is 162 Å². The van der Waals surface area contributed by atoms with Crippen LogP contribution in [0.15, 0.2) is 95.2 Å². The number of aliphatic carboxylic acids is 1. The van der Waals surface area contributed by atoms with Gasteiger partial charge in [0.15, 0.2) is 0 Å². The zero-order chi connectivity index (χ0) is 19.8. The third-order valence-electron chi connectivity index (χ3n) is 4.05. The van der Waals surface area contributed by atoms with E-state index in [1.165, 1.54) is 0 Å². The molecule has 0 aliphatic carbocycles. The van der Waals surface area contributed by atoms with E-state index in [4.69, 9.17) is 0 Å². The maximum atomic E-state index is 12.4. The Kier molecular flexibility index (Phi) is 6.25. The number of carbonyl (C=O) groups excluding carboxylic acids is 1. The maximum absolute atomic E-state index is 12.4. The van der Waals surface area contributed by atoms with E-state index in [0.717, 1.165) is 11.3 Å². The number of hydrogen-bond donors (Lipinski definition) is 2. The summed E-state index contributed by atoms with van der Waals surface area (Å²) in [5.41, 5.74) is 2.53. The summed E-state index contributed by atoms with van der Waals surface area (Å²) in [4.78, 5) is 23.9. The lowest BCUT2D eigenvalue weighted by Crippen LogP contribution is -2.42. The molecule has 2 N–H and O–H groups in total. The van der Waals surface area contributed by atoms with Crippen LogP contribution in [0.4, 0.5) is 11.4 Å². The largest absolute Gasteiger partial charge is 0.480 e. The van der Waals surface area contributed by atoms with Crippen LogP contribution in [-0.2, 0) is 11.2 Å². The first kappa shape index (κ1) is 19.0. The molecule has 0 unspecified atom stereocenters. The monoisotopic (exact) mass is 373 g/mol. The van der Waals surface area contributed by atoms with Crippen LogP contribution in [0.1, 0.15) is 15.9 Å². The van der Waals surface area contributed by atoms with E-state index in [2.05, 4.69) is 15.5 Å². The van der Waals surface area contributed by atoms with Crippen LogP contribution < -0.4 is 5.32 Å². The molecule has 6 nitrogen and oxygen atoms in total. The number of carboxylic acid groups (broad SMARTS) is 1. The van der Waals surface area contributed by atoms with Crippen LogP contribution in [0.25, 0.3) is 0 Å². The highest BCUT2D eigenvalue weighted by Gasteiger charge is 2.21. The van der Waals surface area contributed by atoms with Gasteiger partial charge in [-0.25, -0.2) is 4.79 Å². The smallest absolute Gasteiger partial charge is 0.326 e. The molecule has 28 heavy (non-hydrogen) atoms. The lowest BCUT2D eigenvalue weighted by Gasteiger charge is -2.14. The second kappa shape index (κ2) is 9.23. The zero-order valence-electron chi connectivity index (χ0n) is 15.0. The Morgan fingerprint density at radius 3 is 1.89 bits per heavy atom. The molecule has 0 heterocycles. The quantitative estimate of drug-likeness (QED) is 0.596. The summed E-state index contributed by atoms with van der Waals surface area (Å²) in [6, 6.07) is 24.0. The summed E-state index contributed by atoms with van der Waals surface area (Å²) in [5, 5.41) is 20.2. The number of hydrogen-bond acceptors (Lipinski definition) is 4. The highest BCUT2D eigenvalue weighted by molar-refractivity contribution is 5.96. The number of nitrogens with zero attached hydrogens (tertiary/aromatic N) is 2. The topological polar surface area (TPSA) is 91.1 Å². The van der Waals surface area contributed by atoms with Crippen molar-refractivity contribution in [3.63, 3.8) is 0 Å². The molecular weight excluding hydrogens is 354 g/mol. The fourth-order valence-corrected chi connectivity index (χ4v) is 2.58. The normalized spacial score (nSPS) is 11.9. The molecule has 0 bridgehead atoms. The van der Waals surface area contributed by atoms with E-state index in [9.17, 15) is 14.7 Å². The van der Waals surface area contributed by atoms with Gasteiger partial charge < -0.3 is 10.4 Å². The fourth-order valence-electron chi connectivity index (χ4n) is 2.58. The lowest BCUT2D eigenvalue weighted by atomic mass is 10.1. The van der Waals surface area contributed by atoms with Gasteiger partial charge in [-0.2, -0.15) is 10.2 Å². The molecule has 140 valence electrons. The molecule has 0 aromatic heterocycles. The van der Waals surface area contributed by atoms with Crippen molar-refractivity contribution in [2.24, 2.45) is 10.2 Å². The molecule has 3 aromatic rings. The van der Waals surface area contributed by atoms with Gasteiger partial charge in [0.1, 0.15) is 6.04 Å². The molecule has 3 aromatic carbocycles. The van der Waals surface area contributed by atoms with Crippen LogP contribution >= 0.6 is 0 Å². The van der Waals surface area contributed by atoms with Crippen LogP contribution in [0.5, 0.6) is 0 Å². The van der Waals surface area contributed by atoms with E-state index in [-0.39, 0.29) is 6.42 Å². The van der Waals surface area contributed by atoms with E-state index >= 15 is 0 Å². The standard InChI is InChI=1S/C22H19N3O3/c26-21(23-20(22(27)28)15-16-7-3-1-4-8-16)17-11-13-19(14-12-17)25-24-18-9-5-2-6-10-18/h1-14,20H,15H2,(H,23,26)(H,27,28)/t20-/m0/s1. The average molecular weight is 373 g/mol. The Morgan fingerprint density at radius 1 is 0.786 bits per heavy atom. The van der Waals surface area contributed by atoms with Crippen LogP contribution in [0, 0.1) is 0 Å². The first-order valence-electron chi connectivity index (χ1n) is 8.76. The van der Waals surface area contributed by atoms with Crippen molar-refractivity contribution in [2.45, 2.75) is 12.5 Å². The number of azo groups is 1. The van der Waals surface area contributed by atoms with Gasteiger partial charge in [0.25, 0.3) is 5.91 Å². The van der Waals surface area contributed by atoms with Gasteiger partial charge in [0, 0.05) is 12.0 Å². The average Bonchev–Trinajstić information content (AvgIpc) is 2.73. The molecular formula is C22H19N3O3. The third-order valence-corrected chi connectivity index (χ3v) is 4.05. The van der Waals surface area contributed by atoms with Crippen LogP contribution in [0.3, 0.4) is 0 Å². The van der Waals surface area contributed by atoms with Gasteiger partial charge in [0.05, 0.1) is 11.4 Å². The Morgan fingerprint density at radius 2 is 1.32 bits per heavy atom. The molecule has 0 saturated heterocycles. The summed E-state index contributed by atoms with van der Waals surface area (Å²) in [6.07, 6.45) is 0.214. The van der Waals surface area contributed by atoms with Crippen LogP contribution in [0.2, 0.25) is 0 Å². The number of rotatable bonds is 7. The van der Waals surface area contributed by atoms with Crippen LogP contribution in [-0.4, -0.2) is 23.0 Å². The first-order valence-corrected chi connectivity index (χ1v) is 8.76. The molecule has 3 rings (SSSR count). The van der Waals surface area contributed by atoms with E-state index < -0.39 is 17.9 Å². The summed E-state index contributed by atoms with van der Waals surface area (Å²) in [5.74, 6) is -1.53. The predicted octanol–water partition coefficient (Wildman–Crippen LogP) is 4.53. The van der Waals surface area contributed by atoms with E-state index in [0.29, 0.717) is 11.3 Å². The summed E-state index contributed by atoms with van der Waals surface area (Å²) in [6.45, 7) is 0. The number of carbonyl (C=O) groups is 2. The minimum absolute atomic E-state index is 0.214. The van der Waals surface area contributed by atoms with Crippen molar-refractivity contribution in [1.29, 1.82) is 0 Å². The molecule has 0 saturated carbocycles. The summed E-state index contributed by atoms with van der Waals surface area (Å²) >= 11 is 0. The molecule has 0 spiro atoms. The van der Waals surface area contributed by atoms with Crippen molar-refractivity contribution in [3.8, 4) is 0 Å². The second-order valence-corrected chi connectivity index (χ2v) is 6.14. The first-order chi connectivity index (χ1) is 13.6. The van der Waals surface area contributed by atoms with Gasteiger partial charge >= 0.3 is 5.97 Å². The molecule has 6 heteroatoms. The minimum Gasteiger partial charge on any atom is -0.480 e. The summed E-state index contributed by atoms with van der Waals surface area (Å²) < 4.78 is 0. The van der Waals surface area contributed by atoms with Crippen molar-refractivity contribution in [1.82, 2.24) is 5.32 Å². The van der Waals surface area contributed by atoms with Gasteiger partial charge in [-0.05, 0) is 42.0 Å². The van der Waals surface area contributed by atoms with Gasteiger partial charge in [-0.1, -0.05) is 48.5 Å². The number of nitrogens with one attached hydrogen (secondary N) is 1. The second-order valence-electron chi connectivity index (χ2n) is 6.14. The van der Waals surface area contributed by atoms with E-state index in [1.807, 2.05) is 60.7 Å². The maximum Gasteiger partial charge on any atom is 0.326 e. The molecule has 0 aliphatic heterocycles. The number of benzene rings is 3. The molecule has 1 amide bonds. The Bertz CT molecular complexity index is 955. The van der Waals surface area contributed by atoms with Crippen molar-refractivity contribution < 1.29 is 14.7 Å². The third kappa shape index (κ3) is 5.35. The molecule has 1 atom stereocenters. The highest BCUT2D eigenvalue weighted by atomic mass is 16.4. The number of carboxylic acids is 1.